The van der Waals surface area contributed by atoms with Gasteiger partial charge in [0.2, 0.25) is 0 Å². The van der Waals surface area contributed by atoms with Crippen molar-refractivity contribution in [2.45, 2.75) is 126 Å². The van der Waals surface area contributed by atoms with Gasteiger partial charge >= 0.3 is 0 Å². The molecule has 6 aromatic rings. The average Bonchev–Trinajstić information content (AvgIpc) is 3.64. The Morgan fingerprint density at radius 1 is 0.390 bits per heavy atom. The molecule has 0 N–H and O–H groups in total. The van der Waals surface area contributed by atoms with Gasteiger partial charge in [-0.3, -0.25) is 4.98 Å². The van der Waals surface area contributed by atoms with Crippen LogP contribution >= 0.6 is 69.3 Å². The minimum atomic E-state index is 0.372. The van der Waals surface area contributed by atoms with Crippen molar-refractivity contribution < 1.29 is 0 Å². The van der Waals surface area contributed by atoms with Crippen LogP contribution in [0.15, 0.2) is 110 Å². The topological polar surface area (TPSA) is 51.6 Å². The van der Waals surface area contributed by atoms with Crippen LogP contribution in [0.4, 0.5) is 0 Å². The highest BCUT2D eigenvalue weighted by atomic mass is 35.5. The molecule has 0 atom stereocenters. The molecule has 4 aromatic heterocycles. The number of aromatic nitrogens is 4. The maximum atomic E-state index is 5.72. The van der Waals surface area contributed by atoms with E-state index in [1.54, 1.807) is 29.9 Å². The van der Waals surface area contributed by atoms with E-state index in [-0.39, 0.29) is 0 Å². The van der Waals surface area contributed by atoms with Gasteiger partial charge in [0.25, 0.3) is 0 Å². The first kappa shape index (κ1) is 54.0. The molecule has 0 unspecified atom stereocenters. The summed E-state index contributed by atoms with van der Waals surface area (Å²) >= 11 is 30.0. The average molecular weight is 917 g/mol. The molecule has 0 saturated carbocycles. The summed E-state index contributed by atoms with van der Waals surface area (Å²) < 4.78 is 0.888. The number of hydrogen-bond acceptors (Lipinski definition) is 5. The first-order chi connectivity index (χ1) is 27.7. The van der Waals surface area contributed by atoms with Gasteiger partial charge in [0.05, 0.1) is 14.4 Å². The molecule has 2 aromatic carbocycles. The minimum Gasteiger partial charge on any atom is -0.259 e. The lowest BCUT2D eigenvalue weighted by Gasteiger charge is -2.03. The minimum absolute atomic E-state index is 0.372. The number of nitrogens with zero attached hydrogens (tertiary/aromatic N) is 4. The van der Waals surface area contributed by atoms with Crippen molar-refractivity contribution in [2.24, 2.45) is 0 Å². The summed E-state index contributed by atoms with van der Waals surface area (Å²) in [6.45, 7) is 27.8. The predicted molar refractivity (Wildman–Crippen MR) is 262 cm³/mol. The third kappa shape index (κ3) is 24.1. The Labute approximate surface area is 385 Å². The molecule has 0 radical (unpaired) electrons. The van der Waals surface area contributed by atoms with Crippen molar-refractivity contribution in [2.75, 3.05) is 0 Å². The predicted octanol–water partition coefficient (Wildman–Crippen LogP) is 18.1. The summed E-state index contributed by atoms with van der Waals surface area (Å²) in [4.78, 5) is 17.5. The second kappa shape index (κ2) is 29.3. The van der Waals surface area contributed by atoms with E-state index in [1.165, 1.54) is 27.1 Å². The van der Waals surface area contributed by atoms with E-state index in [9.17, 15) is 0 Å². The highest BCUT2D eigenvalue weighted by molar-refractivity contribution is 7.16. The largest absolute Gasteiger partial charge is 0.259 e. The molecular weight excluding hydrogens is 854 g/mol. The highest BCUT2D eigenvalue weighted by Gasteiger charge is 2.02. The van der Waals surface area contributed by atoms with Crippen molar-refractivity contribution in [3.05, 3.63) is 173 Å². The molecule has 10 heteroatoms. The van der Waals surface area contributed by atoms with E-state index in [1.807, 2.05) is 62.5 Å². The Balaban J connectivity index is 0.000000354. The second-order valence-corrected chi connectivity index (χ2v) is 19.1. The van der Waals surface area contributed by atoms with Gasteiger partial charge < -0.3 is 0 Å². The standard InChI is InChI=1S/C10H14.C9H11Cl.2C8H10ClN.C7H9ClN2.C7H9ClS/c1-8(2)10-6-4-9(3)5-7-10;1-7(2)8-3-5-9(10)6-4-8;1-6(2)8-4-3-7(9)5-10-8;1-6(2)7-3-4-8(9)10-5-7;1-5(2)7-9-3-6(8)4-10-7;1-5(2)6-3-4-7(8)9-6/h4-8H,1-3H3;3-7H,1-2H3;2*3-6H,1-2H3;3-5H,1-2H3;3-5H,1-2H3. The number of benzene rings is 2. The molecule has 0 aliphatic rings. The van der Waals surface area contributed by atoms with Gasteiger partial charge in [0.15, 0.2) is 0 Å². The zero-order valence-electron chi connectivity index (χ0n) is 36.9. The van der Waals surface area contributed by atoms with Crippen molar-refractivity contribution >= 4 is 69.3 Å². The Hall–Kier alpha value is -3.03. The molecule has 320 valence electrons. The van der Waals surface area contributed by atoms with Crippen LogP contribution in [-0.2, 0) is 0 Å². The molecule has 0 aliphatic heterocycles. The van der Waals surface area contributed by atoms with Crippen molar-refractivity contribution in [3.8, 4) is 0 Å². The molecule has 0 amide bonds. The van der Waals surface area contributed by atoms with Crippen LogP contribution in [-0.4, -0.2) is 19.9 Å². The zero-order chi connectivity index (χ0) is 44.7. The zero-order valence-corrected chi connectivity index (χ0v) is 41.5. The molecular formula is C49H63Cl5N4S. The fourth-order valence-electron chi connectivity index (χ4n) is 4.52. The summed E-state index contributed by atoms with van der Waals surface area (Å²) in [5.74, 6) is 4.09. The number of rotatable bonds is 6. The van der Waals surface area contributed by atoms with Crippen LogP contribution in [0.1, 0.15) is 157 Å². The number of halogens is 5. The van der Waals surface area contributed by atoms with Crippen LogP contribution in [0.25, 0.3) is 0 Å². The monoisotopic (exact) mass is 914 g/mol. The summed E-state index contributed by atoms with van der Waals surface area (Å²) in [5.41, 5.74) is 6.41. The van der Waals surface area contributed by atoms with E-state index in [2.05, 4.69) is 139 Å². The van der Waals surface area contributed by atoms with Crippen LogP contribution in [0.3, 0.4) is 0 Å². The van der Waals surface area contributed by atoms with Crippen LogP contribution < -0.4 is 0 Å². The molecule has 59 heavy (non-hydrogen) atoms. The smallest absolute Gasteiger partial charge is 0.130 e. The normalized spacial score (nSPS) is 10.4. The third-order valence-corrected chi connectivity index (χ3v) is 10.8. The lowest BCUT2D eigenvalue weighted by atomic mass is 10.0. The molecule has 4 nitrogen and oxygen atoms in total. The number of hydrogen-bond donors (Lipinski definition) is 0. The SMILES string of the molecule is CC(C)c1ccc(Cl)cc1.CC(C)c1ccc(Cl)cn1.CC(C)c1ccc(Cl)nc1.CC(C)c1ccc(Cl)s1.CC(C)c1ncc(Cl)cn1.Cc1ccc(C(C)C)cc1. The van der Waals surface area contributed by atoms with Gasteiger partial charge in [0.1, 0.15) is 11.0 Å². The third-order valence-electron chi connectivity index (χ3n) is 8.36. The summed E-state index contributed by atoms with van der Waals surface area (Å²) in [7, 11) is 0. The maximum absolute atomic E-state index is 5.72. The maximum Gasteiger partial charge on any atom is 0.130 e. The van der Waals surface area contributed by atoms with E-state index >= 15 is 0 Å². The van der Waals surface area contributed by atoms with Gasteiger partial charge in [-0.25, -0.2) is 15.0 Å². The first-order valence-electron chi connectivity index (χ1n) is 20.0. The number of thiophene rings is 1. The van der Waals surface area contributed by atoms with E-state index in [0.717, 1.165) is 20.9 Å². The van der Waals surface area contributed by atoms with Gasteiger partial charge in [-0.05, 0) is 95.7 Å². The fraction of sp³-hybridized carbons (Fsp3) is 0.388. The number of pyridine rings is 2. The van der Waals surface area contributed by atoms with E-state index in [4.69, 9.17) is 58.0 Å². The van der Waals surface area contributed by atoms with Crippen LogP contribution in [0, 0.1) is 6.92 Å². The van der Waals surface area contributed by atoms with Crippen LogP contribution in [0.5, 0.6) is 0 Å². The highest BCUT2D eigenvalue weighted by Crippen LogP contribution is 2.27. The molecule has 0 bridgehead atoms. The number of aryl methyl sites for hydroxylation is 1. The summed E-state index contributed by atoms with van der Waals surface area (Å²) in [6, 6.07) is 28.4. The summed E-state index contributed by atoms with van der Waals surface area (Å²) in [5, 5.41) is 2.66. The lowest BCUT2D eigenvalue weighted by molar-refractivity contribution is 0.774. The molecule has 0 aliphatic carbocycles. The Morgan fingerprint density at radius 3 is 1.22 bits per heavy atom. The van der Waals surface area contributed by atoms with Gasteiger partial charge in [-0.15, -0.1) is 11.3 Å². The molecule has 0 saturated heterocycles. The Bertz CT molecular complexity index is 1670. The molecule has 4 heterocycles. The Kier molecular flexibility index (Phi) is 26.8. The van der Waals surface area contributed by atoms with Crippen molar-refractivity contribution in [1.29, 1.82) is 0 Å². The first-order valence-corrected chi connectivity index (χ1v) is 22.7. The quantitative estimate of drug-likeness (QED) is 0.156. The summed E-state index contributed by atoms with van der Waals surface area (Å²) in [6.07, 6.45) is 6.72. The van der Waals surface area contributed by atoms with E-state index in [0.29, 0.717) is 50.7 Å². The van der Waals surface area contributed by atoms with Crippen LogP contribution in [0.2, 0.25) is 24.6 Å². The van der Waals surface area contributed by atoms with Gasteiger partial charge in [-0.2, -0.15) is 0 Å². The Morgan fingerprint density at radius 2 is 0.864 bits per heavy atom. The van der Waals surface area contributed by atoms with Gasteiger partial charge in [-0.1, -0.05) is 189 Å². The molecule has 0 spiro atoms. The second-order valence-electron chi connectivity index (χ2n) is 15.6. The molecule has 6 rings (SSSR count). The van der Waals surface area contributed by atoms with E-state index < -0.39 is 0 Å². The van der Waals surface area contributed by atoms with Crippen molar-refractivity contribution in [3.63, 3.8) is 0 Å². The fourth-order valence-corrected chi connectivity index (χ4v) is 6.03. The van der Waals surface area contributed by atoms with Gasteiger partial charge in [0, 0.05) is 46.3 Å². The lowest BCUT2D eigenvalue weighted by Crippen LogP contribution is -1.94. The van der Waals surface area contributed by atoms with Crippen molar-refractivity contribution in [1.82, 2.24) is 19.9 Å². The molecule has 0 fully saturated rings.